The number of nitrogens with one attached hydrogen (secondary N) is 1. The van der Waals surface area contributed by atoms with Gasteiger partial charge in [0.1, 0.15) is 22.8 Å². The number of pyridine rings is 1. The van der Waals surface area contributed by atoms with Gasteiger partial charge in [-0.05, 0) is 24.6 Å². The normalized spacial score (nSPS) is 13.9. The van der Waals surface area contributed by atoms with Gasteiger partial charge in [0, 0.05) is 56.7 Å². The van der Waals surface area contributed by atoms with Crippen LogP contribution < -0.4 is 20.3 Å². The molecule has 0 saturated carbocycles. The Balaban J connectivity index is 1.85. The van der Waals surface area contributed by atoms with Gasteiger partial charge in [-0.15, -0.1) is 0 Å². The van der Waals surface area contributed by atoms with Gasteiger partial charge >= 0.3 is 0 Å². The molecule has 1 atom stereocenters. The predicted octanol–water partition coefficient (Wildman–Crippen LogP) is 1.80. The van der Waals surface area contributed by atoms with E-state index in [2.05, 4.69) is 5.32 Å². The Morgan fingerprint density at radius 1 is 1.09 bits per heavy atom. The summed E-state index contributed by atoms with van der Waals surface area (Å²) >= 11 is 0. The van der Waals surface area contributed by atoms with Crippen molar-refractivity contribution in [3.8, 4) is 11.5 Å². The van der Waals surface area contributed by atoms with Gasteiger partial charge < -0.3 is 29.1 Å². The zero-order valence-electron chi connectivity index (χ0n) is 20.1. The summed E-state index contributed by atoms with van der Waals surface area (Å²) in [5.74, 6) is -0.0944. The average Bonchev–Trinajstić information content (AvgIpc) is 3.05. The molecule has 9 heteroatoms. The highest BCUT2D eigenvalue weighted by molar-refractivity contribution is 5.98. The number of rotatable bonds is 8. The number of benzene rings is 1. The molecule has 0 fully saturated rings. The molecule has 2 amide bonds. The summed E-state index contributed by atoms with van der Waals surface area (Å²) in [6.07, 6.45) is 0.487. The highest BCUT2D eigenvalue weighted by Gasteiger charge is 2.28. The number of aromatic nitrogens is 1. The van der Waals surface area contributed by atoms with Crippen molar-refractivity contribution in [2.75, 3.05) is 27.3 Å². The smallest absolute Gasteiger partial charge is 0.257 e. The van der Waals surface area contributed by atoms with Crippen molar-refractivity contribution in [3.05, 3.63) is 57.5 Å². The summed E-state index contributed by atoms with van der Waals surface area (Å²) in [6.45, 7) is 4.38. The molecule has 2 aromatic rings. The molecule has 1 aliphatic heterocycles. The number of carbonyl (C=O) groups excluding carboxylic acids is 3. The van der Waals surface area contributed by atoms with Gasteiger partial charge in [0.05, 0.1) is 14.2 Å². The Kier molecular flexibility index (Phi) is 8.09. The zero-order chi connectivity index (χ0) is 24.8. The Bertz CT molecular complexity index is 1140. The molecule has 0 bridgehead atoms. The van der Waals surface area contributed by atoms with Crippen LogP contribution in [0, 0.1) is 5.92 Å². The molecule has 9 nitrogen and oxygen atoms in total. The monoisotopic (exact) mass is 469 g/mol. The second-order valence-electron chi connectivity index (χ2n) is 8.44. The fourth-order valence-corrected chi connectivity index (χ4v) is 4.26. The van der Waals surface area contributed by atoms with E-state index >= 15 is 0 Å². The third-order valence-corrected chi connectivity index (χ3v) is 5.95. The topological polar surface area (TPSA) is 107 Å². The number of methoxy groups -OCH3 is 2. The summed E-state index contributed by atoms with van der Waals surface area (Å²) in [7, 11) is 3.00. The van der Waals surface area contributed by atoms with Gasteiger partial charge in [-0.2, -0.15) is 0 Å². The molecule has 182 valence electrons. The predicted molar refractivity (Wildman–Crippen MR) is 126 cm³/mol. The number of ether oxygens (including phenoxy) is 2. The number of ketones is 1. The van der Waals surface area contributed by atoms with E-state index in [0.717, 1.165) is 5.56 Å². The highest BCUT2D eigenvalue weighted by Crippen LogP contribution is 2.24. The Hall–Kier alpha value is -3.62. The molecule has 0 aliphatic carbocycles. The fraction of sp³-hybridized carbons (Fsp3) is 0.440. The van der Waals surface area contributed by atoms with Crippen molar-refractivity contribution in [3.63, 3.8) is 0 Å². The van der Waals surface area contributed by atoms with E-state index in [4.69, 9.17) is 9.47 Å². The first-order chi connectivity index (χ1) is 16.2. The van der Waals surface area contributed by atoms with E-state index in [9.17, 15) is 19.2 Å². The lowest BCUT2D eigenvalue weighted by Crippen LogP contribution is -2.38. The molecule has 1 aromatic carbocycles. The molecule has 1 aromatic heterocycles. The number of amides is 2. The summed E-state index contributed by atoms with van der Waals surface area (Å²) in [6, 6.07) is 8.68. The summed E-state index contributed by atoms with van der Waals surface area (Å²) in [5.41, 5.74) is 1.39. The van der Waals surface area contributed by atoms with Crippen LogP contribution in [0.4, 0.5) is 0 Å². The molecule has 1 aliphatic rings. The molecular weight excluding hydrogens is 438 g/mol. The lowest BCUT2D eigenvalue weighted by Gasteiger charge is -2.23. The van der Waals surface area contributed by atoms with Crippen LogP contribution in [0.2, 0.25) is 0 Å². The van der Waals surface area contributed by atoms with Crippen LogP contribution in [0.25, 0.3) is 0 Å². The molecule has 0 unspecified atom stereocenters. The number of fused-ring (bicyclic) bond motifs is 1. The van der Waals surface area contributed by atoms with E-state index in [-0.39, 0.29) is 54.0 Å². The van der Waals surface area contributed by atoms with Gasteiger partial charge in [-0.25, -0.2) is 0 Å². The van der Waals surface area contributed by atoms with E-state index in [1.165, 1.54) is 24.7 Å². The first-order valence-electron chi connectivity index (χ1n) is 11.2. The number of nitrogens with zero attached hydrogens (tertiary/aromatic N) is 2. The fourth-order valence-electron chi connectivity index (χ4n) is 4.26. The number of hydrogen-bond donors (Lipinski definition) is 1. The zero-order valence-corrected chi connectivity index (χ0v) is 20.1. The molecule has 0 spiro atoms. The Morgan fingerprint density at radius 2 is 1.85 bits per heavy atom. The van der Waals surface area contributed by atoms with E-state index in [1.807, 2.05) is 24.3 Å². The quantitative estimate of drug-likeness (QED) is 0.632. The van der Waals surface area contributed by atoms with Gasteiger partial charge in [0.2, 0.25) is 5.91 Å². The molecule has 2 heterocycles. The third kappa shape index (κ3) is 5.65. The maximum absolute atomic E-state index is 13.2. The van der Waals surface area contributed by atoms with Crippen LogP contribution in [0.5, 0.6) is 11.5 Å². The van der Waals surface area contributed by atoms with Gasteiger partial charge in [0.15, 0.2) is 0 Å². The second-order valence-corrected chi connectivity index (χ2v) is 8.44. The van der Waals surface area contributed by atoms with Crippen LogP contribution in [0.3, 0.4) is 0 Å². The highest BCUT2D eigenvalue weighted by atomic mass is 16.5. The molecule has 0 saturated heterocycles. The summed E-state index contributed by atoms with van der Waals surface area (Å²) in [4.78, 5) is 51.9. The van der Waals surface area contributed by atoms with Crippen molar-refractivity contribution in [1.29, 1.82) is 0 Å². The number of Topliss-reactive ketones (excluding diaryl/α,β-unsaturated/α-hetero) is 1. The van der Waals surface area contributed by atoms with Crippen molar-refractivity contribution >= 4 is 17.6 Å². The van der Waals surface area contributed by atoms with E-state index in [0.29, 0.717) is 31.0 Å². The van der Waals surface area contributed by atoms with E-state index in [1.54, 1.807) is 18.9 Å². The maximum atomic E-state index is 13.2. The van der Waals surface area contributed by atoms with Gasteiger partial charge in [-0.1, -0.05) is 19.1 Å². The van der Waals surface area contributed by atoms with Crippen molar-refractivity contribution in [1.82, 2.24) is 14.8 Å². The first kappa shape index (κ1) is 25.0. The minimum atomic E-state index is -0.435. The van der Waals surface area contributed by atoms with Crippen LogP contribution in [-0.4, -0.2) is 54.4 Å². The second kappa shape index (κ2) is 11.0. The van der Waals surface area contributed by atoms with Crippen LogP contribution in [-0.2, 0) is 29.1 Å². The molecule has 0 radical (unpaired) electrons. The molecule has 3 rings (SSSR count). The lowest BCUT2D eigenvalue weighted by molar-refractivity contribution is -0.137. The largest absolute Gasteiger partial charge is 0.497 e. The maximum Gasteiger partial charge on any atom is 0.257 e. The van der Waals surface area contributed by atoms with Crippen LogP contribution >= 0.6 is 0 Å². The SMILES string of the molecule is COc1cccc(CNC(=O)c2c(OC)cc(=O)n3c2CCN(C(=O)[C@H](C)CC(C)=O)CC3)c1. The van der Waals surface area contributed by atoms with Gasteiger partial charge in [0.25, 0.3) is 11.5 Å². The van der Waals surface area contributed by atoms with Crippen LogP contribution in [0.15, 0.2) is 35.1 Å². The first-order valence-corrected chi connectivity index (χ1v) is 11.2. The number of carbonyl (C=O) groups is 3. The standard InChI is InChI=1S/C25H31N3O6/c1-16(12-17(2)29)25(32)27-9-8-20-23(21(34-4)14-22(30)28(20)11-10-27)24(31)26-15-18-6-5-7-19(13-18)33-3/h5-7,13-14,16H,8-12,15H2,1-4H3,(H,26,31)/t16-/m1/s1. The minimum absolute atomic E-state index is 0.0464. The van der Waals surface area contributed by atoms with Gasteiger partial charge in [-0.3, -0.25) is 14.4 Å². The Labute approximate surface area is 198 Å². The lowest BCUT2D eigenvalue weighted by atomic mass is 10.0. The molecule has 1 N–H and O–H groups in total. The number of hydrogen-bond acceptors (Lipinski definition) is 6. The van der Waals surface area contributed by atoms with Crippen molar-refractivity contribution in [2.45, 2.75) is 39.8 Å². The summed E-state index contributed by atoms with van der Waals surface area (Å²) < 4.78 is 12.2. The van der Waals surface area contributed by atoms with Crippen molar-refractivity contribution in [2.24, 2.45) is 5.92 Å². The van der Waals surface area contributed by atoms with E-state index < -0.39 is 5.92 Å². The summed E-state index contributed by atoms with van der Waals surface area (Å²) in [5, 5.41) is 2.90. The van der Waals surface area contributed by atoms with Crippen LogP contribution in [0.1, 0.15) is 41.9 Å². The molecule has 34 heavy (non-hydrogen) atoms. The average molecular weight is 470 g/mol. The molecular formula is C25H31N3O6. The third-order valence-electron chi connectivity index (χ3n) is 5.95. The minimum Gasteiger partial charge on any atom is -0.497 e. The Morgan fingerprint density at radius 3 is 2.53 bits per heavy atom. The van der Waals surface area contributed by atoms with Crippen molar-refractivity contribution < 1.29 is 23.9 Å².